The summed E-state index contributed by atoms with van der Waals surface area (Å²) < 4.78 is 69.5. The first-order valence-corrected chi connectivity index (χ1v) is 2.57. The molecule has 0 bridgehead atoms. The zero-order chi connectivity index (χ0) is 9.99. The average molecular weight is 198 g/mol. The molecular weight excluding hydrogens is 194 g/mol. The van der Waals surface area contributed by atoms with Crippen LogP contribution in [0, 0.1) is 0 Å². The van der Waals surface area contributed by atoms with E-state index in [1.165, 1.54) is 0 Å². The Kier molecular flexibility index (Phi) is 3.34. The van der Waals surface area contributed by atoms with Gasteiger partial charge in [-0.05, 0) is 0 Å². The van der Waals surface area contributed by atoms with E-state index in [2.05, 4.69) is 4.89 Å². The molecule has 1 N–H and O–H groups in total. The fourth-order valence-electron chi connectivity index (χ4n) is 0.399. The Bertz CT molecular complexity index is 143. The van der Waals surface area contributed by atoms with Crippen LogP contribution in [0.5, 0.6) is 0 Å². The maximum Gasteiger partial charge on any atom is 0.425 e. The van der Waals surface area contributed by atoms with Gasteiger partial charge in [0.2, 0.25) is 0 Å². The zero-order valence-corrected chi connectivity index (χ0v) is 5.41. The van der Waals surface area contributed by atoms with Gasteiger partial charge in [0.05, 0.1) is 0 Å². The molecule has 0 aliphatic carbocycles. The lowest BCUT2D eigenvalue weighted by molar-refractivity contribution is -0.315. The lowest BCUT2D eigenvalue weighted by Gasteiger charge is -2.20. The molecule has 12 heavy (non-hydrogen) atoms. The predicted molar refractivity (Wildman–Crippen MR) is 24.5 cm³/mol. The van der Waals surface area contributed by atoms with Crippen LogP contribution in [0.3, 0.4) is 0 Å². The van der Waals surface area contributed by atoms with Crippen molar-refractivity contribution in [2.24, 2.45) is 0 Å². The van der Waals surface area contributed by atoms with Gasteiger partial charge in [0, 0.05) is 0 Å². The first-order chi connectivity index (χ1) is 5.22. The lowest BCUT2D eigenvalue weighted by Crippen LogP contribution is -2.44. The van der Waals surface area contributed by atoms with Gasteiger partial charge in [-0.15, -0.1) is 0 Å². The summed E-state index contributed by atoms with van der Waals surface area (Å²) in [5, 5.41) is 7.40. The Balaban J connectivity index is 4.34. The maximum atomic E-state index is 11.9. The van der Waals surface area contributed by atoms with Crippen LogP contribution >= 0.6 is 0 Å². The topological polar surface area (TPSA) is 29.5 Å². The van der Waals surface area contributed by atoms with E-state index in [9.17, 15) is 26.3 Å². The van der Waals surface area contributed by atoms with Crippen LogP contribution in [0.1, 0.15) is 0 Å². The van der Waals surface area contributed by atoms with Gasteiger partial charge in [-0.3, -0.25) is 5.26 Å². The standard InChI is InChI=1S/C4H4F6O2/c5-2(4(8,9)10)3(6,7)1-12-11/h2,11H,1H2. The molecule has 1 atom stereocenters. The van der Waals surface area contributed by atoms with Gasteiger partial charge >= 0.3 is 12.1 Å². The highest BCUT2D eigenvalue weighted by atomic mass is 19.4. The van der Waals surface area contributed by atoms with E-state index < -0.39 is 24.9 Å². The van der Waals surface area contributed by atoms with Crippen LogP contribution in [-0.4, -0.2) is 30.1 Å². The van der Waals surface area contributed by atoms with Crippen molar-refractivity contribution in [3.8, 4) is 0 Å². The van der Waals surface area contributed by atoms with Crippen LogP contribution in [0.4, 0.5) is 26.3 Å². The van der Waals surface area contributed by atoms with Crippen LogP contribution in [0.25, 0.3) is 0 Å². The van der Waals surface area contributed by atoms with E-state index >= 15 is 0 Å². The molecule has 0 amide bonds. The van der Waals surface area contributed by atoms with Crippen molar-refractivity contribution in [2.45, 2.75) is 18.3 Å². The number of rotatable bonds is 3. The van der Waals surface area contributed by atoms with Gasteiger partial charge in [-0.25, -0.2) is 18.1 Å². The van der Waals surface area contributed by atoms with Crippen molar-refractivity contribution in [1.29, 1.82) is 0 Å². The summed E-state index contributed by atoms with van der Waals surface area (Å²) in [6, 6.07) is 0. The largest absolute Gasteiger partial charge is 0.425 e. The Labute approximate surface area is 62.7 Å². The second-order valence-electron chi connectivity index (χ2n) is 1.94. The third kappa shape index (κ3) is 2.86. The second kappa shape index (κ2) is 3.48. The van der Waals surface area contributed by atoms with E-state index in [4.69, 9.17) is 5.26 Å². The van der Waals surface area contributed by atoms with Crippen LogP contribution in [-0.2, 0) is 4.89 Å². The molecule has 0 saturated carbocycles. The molecule has 0 aromatic heterocycles. The maximum absolute atomic E-state index is 11.9. The number of hydrogen-bond donors (Lipinski definition) is 1. The summed E-state index contributed by atoms with van der Waals surface area (Å²) in [5.74, 6) is -4.77. The Morgan fingerprint density at radius 3 is 1.83 bits per heavy atom. The predicted octanol–water partition coefficient (Wildman–Crippen LogP) is 2.01. The fraction of sp³-hybridized carbons (Fsp3) is 1.00. The monoisotopic (exact) mass is 198 g/mol. The minimum absolute atomic E-state index is 2.03. The summed E-state index contributed by atoms with van der Waals surface area (Å²) in [6.07, 6.45) is -10.0. The summed E-state index contributed by atoms with van der Waals surface area (Å²) in [5.41, 5.74) is 0. The molecule has 8 heteroatoms. The first kappa shape index (κ1) is 11.5. The molecule has 0 aromatic rings. The van der Waals surface area contributed by atoms with E-state index in [-0.39, 0.29) is 0 Å². The van der Waals surface area contributed by atoms with Gasteiger partial charge in [-0.2, -0.15) is 13.2 Å². The van der Waals surface area contributed by atoms with Crippen molar-refractivity contribution < 1.29 is 36.5 Å². The minimum Gasteiger partial charge on any atom is -0.252 e. The molecule has 0 spiro atoms. The number of hydrogen-bond acceptors (Lipinski definition) is 2. The molecule has 0 rings (SSSR count). The highest BCUT2D eigenvalue weighted by Gasteiger charge is 2.57. The lowest BCUT2D eigenvalue weighted by atomic mass is 10.2. The number of alkyl halides is 6. The molecule has 0 fully saturated rings. The third-order valence-electron chi connectivity index (χ3n) is 0.915. The molecule has 74 valence electrons. The van der Waals surface area contributed by atoms with Crippen molar-refractivity contribution in [3.05, 3.63) is 0 Å². The van der Waals surface area contributed by atoms with Crippen LogP contribution in [0.15, 0.2) is 0 Å². The minimum atomic E-state index is -5.66. The van der Waals surface area contributed by atoms with Crippen LogP contribution < -0.4 is 0 Å². The summed E-state index contributed by atoms with van der Waals surface area (Å²) in [6.45, 7) is -2.03. The zero-order valence-electron chi connectivity index (χ0n) is 5.41. The average Bonchev–Trinajstić information content (AvgIpc) is 1.84. The molecule has 0 saturated heterocycles. The molecule has 0 aliphatic heterocycles. The molecule has 0 radical (unpaired) electrons. The van der Waals surface area contributed by atoms with Crippen molar-refractivity contribution in [3.63, 3.8) is 0 Å². The fourth-order valence-corrected chi connectivity index (χ4v) is 0.399. The van der Waals surface area contributed by atoms with Crippen molar-refractivity contribution in [2.75, 3.05) is 6.61 Å². The van der Waals surface area contributed by atoms with Gasteiger partial charge < -0.3 is 0 Å². The summed E-state index contributed by atoms with van der Waals surface area (Å²) in [4.78, 5) is 2.73. The molecular formula is C4H4F6O2. The Morgan fingerprint density at radius 1 is 1.17 bits per heavy atom. The molecule has 1 unspecified atom stereocenters. The summed E-state index contributed by atoms with van der Waals surface area (Å²) in [7, 11) is 0. The van der Waals surface area contributed by atoms with E-state index in [1.54, 1.807) is 0 Å². The molecule has 0 aliphatic rings. The van der Waals surface area contributed by atoms with Crippen molar-refractivity contribution in [1.82, 2.24) is 0 Å². The van der Waals surface area contributed by atoms with Gasteiger partial charge in [0.15, 0.2) is 0 Å². The second-order valence-corrected chi connectivity index (χ2v) is 1.94. The van der Waals surface area contributed by atoms with Gasteiger partial charge in [-0.1, -0.05) is 0 Å². The van der Waals surface area contributed by atoms with Gasteiger partial charge in [0.25, 0.3) is 6.17 Å². The van der Waals surface area contributed by atoms with E-state index in [0.717, 1.165) is 0 Å². The number of halogens is 6. The van der Waals surface area contributed by atoms with Crippen LogP contribution in [0.2, 0.25) is 0 Å². The Hall–Kier alpha value is -0.500. The molecule has 2 nitrogen and oxygen atoms in total. The smallest absolute Gasteiger partial charge is 0.252 e. The first-order valence-electron chi connectivity index (χ1n) is 2.57. The quantitative estimate of drug-likeness (QED) is 0.427. The summed E-state index contributed by atoms with van der Waals surface area (Å²) >= 11 is 0. The molecule has 0 aromatic carbocycles. The highest BCUT2D eigenvalue weighted by molar-refractivity contribution is 4.82. The van der Waals surface area contributed by atoms with E-state index in [0.29, 0.717) is 0 Å². The van der Waals surface area contributed by atoms with E-state index in [1.807, 2.05) is 0 Å². The van der Waals surface area contributed by atoms with Gasteiger partial charge in [0.1, 0.15) is 6.61 Å². The normalized spacial score (nSPS) is 16.2. The Morgan fingerprint density at radius 2 is 1.58 bits per heavy atom. The third-order valence-corrected chi connectivity index (χ3v) is 0.915. The van der Waals surface area contributed by atoms with Crippen molar-refractivity contribution >= 4 is 0 Å². The molecule has 0 heterocycles. The SMILES string of the molecule is OOCC(F)(F)C(F)C(F)(F)F. The highest BCUT2D eigenvalue weighted by Crippen LogP contribution is 2.34.